The maximum absolute atomic E-state index is 13.4. The molecule has 29 heavy (non-hydrogen) atoms. The highest BCUT2D eigenvalue weighted by Crippen LogP contribution is 2.44. The van der Waals surface area contributed by atoms with Crippen LogP contribution in [0.3, 0.4) is 0 Å². The molecule has 0 spiro atoms. The Bertz CT molecular complexity index is 752. The van der Waals surface area contributed by atoms with Crippen molar-refractivity contribution in [3.63, 3.8) is 0 Å². The van der Waals surface area contributed by atoms with Crippen LogP contribution in [0.15, 0.2) is 18.2 Å². The van der Waals surface area contributed by atoms with Crippen LogP contribution in [0.1, 0.15) is 82.4 Å². The van der Waals surface area contributed by atoms with Crippen LogP contribution in [0, 0.1) is 24.7 Å². The van der Waals surface area contributed by atoms with E-state index in [4.69, 9.17) is 5.11 Å². The third-order valence-electron chi connectivity index (χ3n) is 7.35. The van der Waals surface area contributed by atoms with Crippen LogP contribution in [-0.2, 0) is 21.4 Å². The van der Waals surface area contributed by atoms with Gasteiger partial charge in [-0.25, -0.2) is 0 Å². The molecule has 4 nitrogen and oxygen atoms in total. The molecule has 2 aliphatic rings. The second-order valence-electron chi connectivity index (χ2n) is 9.92. The summed E-state index contributed by atoms with van der Waals surface area (Å²) in [7, 11) is 0. The molecule has 0 heterocycles. The first kappa shape index (κ1) is 21.9. The van der Waals surface area contributed by atoms with E-state index in [1.165, 1.54) is 32.1 Å². The van der Waals surface area contributed by atoms with Crippen molar-refractivity contribution in [3.8, 4) is 0 Å². The molecule has 160 valence electrons. The van der Waals surface area contributed by atoms with Gasteiger partial charge in [-0.15, -0.1) is 0 Å². The molecular formula is C25H37NO3. The van der Waals surface area contributed by atoms with Crippen molar-refractivity contribution >= 4 is 11.9 Å². The summed E-state index contributed by atoms with van der Waals surface area (Å²) in [4.78, 5) is 24.4. The molecular weight excluding hydrogens is 362 g/mol. The number of amides is 1. The predicted octanol–water partition coefficient (Wildman–Crippen LogP) is 5.01. The first-order valence-corrected chi connectivity index (χ1v) is 11.3. The Balaban J connectivity index is 1.77. The van der Waals surface area contributed by atoms with E-state index in [9.17, 15) is 9.59 Å². The predicted molar refractivity (Wildman–Crippen MR) is 116 cm³/mol. The molecule has 2 N–H and O–H groups in total. The molecule has 1 aromatic carbocycles. The minimum Gasteiger partial charge on any atom is -0.481 e. The van der Waals surface area contributed by atoms with E-state index >= 15 is 0 Å². The first-order chi connectivity index (χ1) is 13.7. The lowest BCUT2D eigenvalue weighted by Crippen LogP contribution is -2.54. The lowest BCUT2D eigenvalue weighted by atomic mass is 9.64. The number of carboxylic acid groups (broad SMARTS) is 1. The van der Waals surface area contributed by atoms with Gasteiger partial charge in [-0.2, -0.15) is 0 Å². The van der Waals surface area contributed by atoms with Gasteiger partial charge in [0.1, 0.15) is 0 Å². The Morgan fingerprint density at radius 2 is 1.93 bits per heavy atom. The number of carbonyl (C=O) groups is 2. The van der Waals surface area contributed by atoms with Crippen LogP contribution in [0.25, 0.3) is 0 Å². The SMILES string of the molecule is CCC1CC2CCCC(C2)C1NC(=O)C(C)(C)c1cc(C)cc(CCC(=O)O)c1. The molecule has 4 heteroatoms. The number of rotatable bonds is 7. The van der Waals surface area contributed by atoms with Crippen molar-refractivity contribution in [2.75, 3.05) is 0 Å². The first-order valence-electron chi connectivity index (χ1n) is 11.3. The van der Waals surface area contributed by atoms with E-state index < -0.39 is 11.4 Å². The van der Waals surface area contributed by atoms with Gasteiger partial charge in [-0.05, 0) is 75.3 Å². The molecule has 0 saturated heterocycles. The summed E-state index contributed by atoms with van der Waals surface area (Å²) in [6, 6.07) is 6.40. The Morgan fingerprint density at radius 1 is 1.17 bits per heavy atom. The minimum atomic E-state index is -0.793. The van der Waals surface area contributed by atoms with Crippen molar-refractivity contribution in [1.29, 1.82) is 0 Å². The van der Waals surface area contributed by atoms with Gasteiger partial charge in [0.15, 0.2) is 0 Å². The molecule has 2 bridgehead atoms. The Kier molecular flexibility index (Phi) is 6.70. The second kappa shape index (κ2) is 8.89. The number of carbonyl (C=O) groups excluding carboxylic acids is 1. The number of benzene rings is 1. The number of hydrogen-bond acceptors (Lipinski definition) is 2. The number of aliphatic carboxylic acids is 1. The summed E-state index contributed by atoms with van der Waals surface area (Å²) in [5.41, 5.74) is 2.39. The van der Waals surface area contributed by atoms with Crippen LogP contribution in [-0.4, -0.2) is 23.0 Å². The van der Waals surface area contributed by atoms with E-state index in [0.29, 0.717) is 24.3 Å². The molecule has 0 aliphatic heterocycles. The average Bonchev–Trinajstić information content (AvgIpc) is 2.68. The largest absolute Gasteiger partial charge is 0.481 e. The lowest BCUT2D eigenvalue weighted by molar-refractivity contribution is -0.137. The number of nitrogens with one attached hydrogen (secondary N) is 1. The zero-order valence-electron chi connectivity index (χ0n) is 18.5. The third-order valence-corrected chi connectivity index (χ3v) is 7.35. The van der Waals surface area contributed by atoms with Gasteiger partial charge in [-0.1, -0.05) is 49.9 Å². The van der Waals surface area contributed by atoms with Gasteiger partial charge >= 0.3 is 5.97 Å². The zero-order chi connectivity index (χ0) is 21.2. The van der Waals surface area contributed by atoms with E-state index in [2.05, 4.69) is 18.3 Å². The van der Waals surface area contributed by atoms with Crippen molar-refractivity contribution < 1.29 is 14.7 Å². The molecule has 0 radical (unpaired) electrons. The number of fused-ring (bicyclic) bond motifs is 2. The summed E-state index contributed by atoms with van der Waals surface area (Å²) >= 11 is 0. The highest BCUT2D eigenvalue weighted by Gasteiger charge is 2.41. The summed E-state index contributed by atoms with van der Waals surface area (Å²) in [6.07, 6.45) is 8.15. The molecule has 0 aromatic heterocycles. The van der Waals surface area contributed by atoms with Gasteiger partial charge in [-0.3, -0.25) is 9.59 Å². The molecule has 2 fully saturated rings. The van der Waals surface area contributed by atoms with Crippen molar-refractivity contribution in [1.82, 2.24) is 5.32 Å². The van der Waals surface area contributed by atoms with Crippen molar-refractivity contribution in [2.45, 2.75) is 90.5 Å². The summed E-state index contributed by atoms with van der Waals surface area (Å²) in [6.45, 7) is 8.25. The van der Waals surface area contributed by atoms with Gasteiger partial charge in [0, 0.05) is 12.5 Å². The summed E-state index contributed by atoms with van der Waals surface area (Å²) in [5.74, 6) is 1.37. The number of hydrogen-bond donors (Lipinski definition) is 2. The highest BCUT2D eigenvalue weighted by atomic mass is 16.4. The van der Waals surface area contributed by atoms with Gasteiger partial charge in [0.2, 0.25) is 5.91 Å². The van der Waals surface area contributed by atoms with Gasteiger partial charge < -0.3 is 10.4 Å². The van der Waals surface area contributed by atoms with Gasteiger partial charge in [0.25, 0.3) is 0 Å². The number of aryl methyl sites for hydroxylation is 2. The lowest BCUT2D eigenvalue weighted by Gasteiger charge is -2.46. The van der Waals surface area contributed by atoms with E-state index in [1.807, 2.05) is 32.9 Å². The fourth-order valence-corrected chi connectivity index (χ4v) is 5.57. The van der Waals surface area contributed by atoms with Gasteiger partial charge in [0.05, 0.1) is 5.41 Å². The van der Waals surface area contributed by atoms with E-state index in [1.54, 1.807) is 0 Å². The standard InChI is InChI=1S/C25H37NO3/c1-5-19-13-17-7-6-8-20(14-17)23(19)26-24(29)25(3,4)21-12-16(2)11-18(15-21)9-10-22(27)28/h11-12,15,17,19-20,23H,5-10,13-14H2,1-4H3,(H,26,29)(H,27,28). The third kappa shape index (κ3) is 5.02. The number of carboxylic acids is 1. The maximum atomic E-state index is 13.4. The molecule has 2 saturated carbocycles. The quantitative estimate of drug-likeness (QED) is 0.677. The zero-order valence-corrected chi connectivity index (χ0v) is 18.5. The van der Waals surface area contributed by atoms with Crippen LogP contribution in [0.5, 0.6) is 0 Å². The Hall–Kier alpha value is -1.84. The normalized spacial score (nSPS) is 26.8. The molecule has 2 aliphatic carbocycles. The van der Waals surface area contributed by atoms with E-state index in [0.717, 1.165) is 29.0 Å². The second-order valence-corrected chi connectivity index (χ2v) is 9.92. The average molecular weight is 400 g/mol. The maximum Gasteiger partial charge on any atom is 0.303 e. The van der Waals surface area contributed by atoms with Crippen LogP contribution < -0.4 is 5.32 Å². The topological polar surface area (TPSA) is 66.4 Å². The molecule has 4 unspecified atom stereocenters. The molecule has 1 amide bonds. The van der Waals surface area contributed by atoms with E-state index in [-0.39, 0.29) is 12.3 Å². The van der Waals surface area contributed by atoms with Crippen molar-refractivity contribution in [3.05, 3.63) is 34.9 Å². The smallest absolute Gasteiger partial charge is 0.303 e. The highest BCUT2D eigenvalue weighted by molar-refractivity contribution is 5.87. The fourth-order valence-electron chi connectivity index (χ4n) is 5.57. The Morgan fingerprint density at radius 3 is 2.62 bits per heavy atom. The molecule has 4 atom stereocenters. The summed E-state index contributed by atoms with van der Waals surface area (Å²) in [5, 5.41) is 12.5. The monoisotopic (exact) mass is 399 g/mol. The summed E-state index contributed by atoms with van der Waals surface area (Å²) < 4.78 is 0. The van der Waals surface area contributed by atoms with Crippen LogP contribution >= 0.6 is 0 Å². The van der Waals surface area contributed by atoms with Crippen LogP contribution in [0.2, 0.25) is 0 Å². The minimum absolute atomic E-state index is 0.0970. The Labute approximate surface area is 175 Å². The molecule has 3 rings (SSSR count). The van der Waals surface area contributed by atoms with Crippen molar-refractivity contribution in [2.24, 2.45) is 17.8 Å². The molecule has 1 aromatic rings. The van der Waals surface area contributed by atoms with Crippen LogP contribution in [0.4, 0.5) is 0 Å². The fraction of sp³-hybridized carbons (Fsp3) is 0.680.